The minimum atomic E-state index is 0.514. The van der Waals surface area contributed by atoms with Crippen LogP contribution in [0.4, 0.5) is 0 Å². The topological polar surface area (TPSA) is 15.3 Å². The average Bonchev–Trinajstić information content (AvgIpc) is 3.21. The Morgan fingerprint density at radius 1 is 1.05 bits per heavy atom. The third-order valence-electron chi connectivity index (χ3n) is 5.76. The van der Waals surface area contributed by atoms with Gasteiger partial charge in [-0.15, -0.1) is 0 Å². The average molecular weight is 281 g/mol. The molecule has 1 atom stereocenters. The highest BCUT2D eigenvalue weighted by molar-refractivity contribution is 4.86. The van der Waals surface area contributed by atoms with E-state index in [0.29, 0.717) is 11.5 Å². The quantitative estimate of drug-likeness (QED) is 0.793. The third kappa shape index (κ3) is 4.73. The van der Waals surface area contributed by atoms with Crippen molar-refractivity contribution in [3.63, 3.8) is 0 Å². The first-order valence-corrected chi connectivity index (χ1v) is 8.80. The number of nitrogens with zero attached hydrogens (tertiary/aromatic N) is 1. The predicted octanol–water partition coefficient (Wildman–Crippen LogP) is 3.91. The van der Waals surface area contributed by atoms with E-state index >= 15 is 0 Å². The number of rotatable bonds is 6. The van der Waals surface area contributed by atoms with E-state index in [4.69, 9.17) is 0 Å². The summed E-state index contributed by atoms with van der Waals surface area (Å²) < 4.78 is 0. The highest BCUT2D eigenvalue weighted by Gasteiger charge is 2.30. The molecule has 0 spiro atoms. The van der Waals surface area contributed by atoms with E-state index in [1.165, 1.54) is 45.1 Å². The van der Waals surface area contributed by atoms with Crippen molar-refractivity contribution in [3.8, 4) is 0 Å². The van der Waals surface area contributed by atoms with Crippen molar-refractivity contribution in [1.82, 2.24) is 10.2 Å². The van der Waals surface area contributed by atoms with Crippen molar-refractivity contribution in [1.29, 1.82) is 0 Å². The SMILES string of the molecule is CC(CNCC1CCC(C(C)(C)C)CC1)N(C)C1CC1. The molecule has 2 rings (SSSR count). The molecule has 2 saturated carbocycles. The Hall–Kier alpha value is -0.0800. The first kappa shape index (κ1) is 16.3. The van der Waals surface area contributed by atoms with Gasteiger partial charge in [-0.05, 0) is 76.3 Å². The molecule has 0 saturated heterocycles. The molecule has 0 radical (unpaired) electrons. The van der Waals surface area contributed by atoms with Crippen molar-refractivity contribution in [2.45, 2.75) is 78.3 Å². The third-order valence-corrected chi connectivity index (χ3v) is 5.76. The fourth-order valence-corrected chi connectivity index (χ4v) is 3.71. The van der Waals surface area contributed by atoms with E-state index in [-0.39, 0.29) is 0 Å². The second-order valence-electron chi connectivity index (χ2n) is 8.49. The van der Waals surface area contributed by atoms with Crippen molar-refractivity contribution in [3.05, 3.63) is 0 Å². The zero-order valence-electron chi connectivity index (χ0n) is 14.4. The van der Waals surface area contributed by atoms with Crippen LogP contribution in [0.1, 0.15) is 66.2 Å². The fourth-order valence-electron chi connectivity index (χ4n) is 3.71. The van der Waals surface area contributed by atoms with Gasteiger partial charge in [0.1, 0.15) is 0 Å². The van der Waals surface area contributed by atoms with Crippen molar-refractivity contribution >= 4 is 0 Å². The minimum Gasteiger partial charge on any atom is -0.315 e. The number of likely N-dealkylation sites (N-methyl/N-ethyl adjacent to an activating group) is 1. The van der Waals surface area contributed by atoms with Crippen molar-refractivity contribution < 1.29 is 0 Å². The summed E-state index contributed by atoms with van der Waals surface area (Å²) >= 11 is 0. The first-order valence-electron chi connectivity index (χ1n) is 8.80. The summed E-state index contributed by atoms with van der Waals surface area (Å²) in [5.74, 6) is 1.87. The zero-order chi connectivity index (χ0) is 14.8. The summed E-state index contributed by atoms with van der Waals surface area (Å²) in [6.45, 7) is 12.0. The number of hydrogen-bond acceptors (Lipinski definition) is 2. The van der Waals surface area contributed by atoms with E-state index in [2.05, 4.69) is 45.0 Å². The van der Waals surface area contributed by atoms with Gasteiger partial charge < -0.3 is 5.32 Å². The molecule has 2 aliphatic carbocycles. The van der Waals surface area contributed by atoms with E-state index < -0.39 is 0 Å². The molecule has 0 aromatic rings. The molecule has 0 aliphatic heterocycles. The highest BCUT2D eigenvalue weighted by atomic mass is 15.2. The Labute approximate surface area is 126 Å². The maximum Gasteiger partial charge on any atom is 0.0192 e. The zero-order valence-corrected chi connectivity index (χ0v) is 14.4. The van der Waals surface area contributed by atoms with Gasteiger partial charge in [0.15, 0.2) is 0 Å². The molecule has 1 unspecified atom stereocenters. The van der Waals surface area contributed by atoms with Crippen LogP contribution in [-0.4, -0.2) is 37.1 Å². The Balaban J connectivity index is 1.59. The molecule has 0 aromatic carbocycles. The van der Waals surface area contributed by atoms with E-state index in [1.54, 1.807) is 0 Å². The molecule has 20 heavy (non-hydrogen) atoms. The second-order valence-corrected chi connectivity index (χ2v) is 8.49. The van der Waals surface area contributed by atoms with Gasteiger partial charge in [-0.25, -0.2) is 0 Å². The van der Waals surface area contributed by atoms with Gasteiger partial charge >= 0.3 is 0 Å². The van der Waals surface area contributed by atoms with Gasteiger partial charge in [0.25, 0.3) is 0 Å². The Morgan fingerprint density at radius 3 is 2.15 bits per heavy atom. The molecule has 0 bridgehead atoms. The Kier molecular flexibility index (Phi) is 5.53. The minimum absolute atomic E-state index is 0.514. The summed E-state index contributed by atoms with van der Waals surface area (Å²) in [6.07, 6.45) is 8.57. The molecule has 0 aromatic heterocycles. The van der Waals surface area contributed by atoms with Crippen LogP contribution in [0.25, 0.3) is 0 Å². The molecule has 2 aliphatic rings. The molecular weight excluding hydrogens is 244 g/mol. The van der Waals surface area contributed by atoms with Crippen LogP contribution in [0.5, 0.6) is 0 Å². The molecule has 0 heterocycles. The summed E-state index contributed by atoms with van der Waals surface area (Å²) in [6, 6.07) is 1.57. The Bertz CT molecular complexity index is 282. The first-order chi connectivity index (χ1) is 9.38. The largest absolute Gasteiger partial charge is 0.315 e. The summed E-state index contributed by atoms with van der Waals surface area (Å²) in [5, 5.41) is 3.73. The Morgan fingerprint density at radius 2 is 1.65 bits per heavy atom. The lowest BCUT2D eigenvalue weighted by molar-refractivity contribution is 0.147. The second kappa shape index (κ2) is 6.79. The van der Waals surface area contributed by atoms with E-state index in [9.17, 15) is 0 Å². The summed E-state index contributed by atoms with van der Waals surface area (Å²) in [7, 11) is 2.29. The van der Waals surface area contributed by atoms with Crippen LogP contribution in [-0.2, 0) is 0 Å². The highest BCUT2D eigenvalue weighted by Crippen LogP contribution is 2.39. The summed E-state index contributed by atoms with van der Waals surface area (Å²) in [5.41, 5.74) is 0.514. The van der Waals surface area contributed by atoms with E-state index in [1.807, 2.05) is 0 Å². The van der Waals surface area contributed by atoms with Crippen LogP contribution in [0.2, 0.25) is 0 Å². The lowest BCUT2D eigenvalue weighted by Gasteiger charge is -2.37. The van der Waals surface area contributed by atoms with Gasteiger partial charge in [-0.3, -0.25) is 4.90 Å². The van der Waals surface area contributed by atoms with Gasteiger partial charge in [0, 0.05) is 18.6 Å². The standard InChI is InChI=1S/C18H36N2/c1-14(20(5)17-10-11-17)12-19-13-15-6-8-16(9-7-15)18(2,3)4/h14-17,19H,6-13H2,1-5H3. The molecule has 1 N–H and O–H groups in total. The van der Waals surface area contributed by atoms with E-state index in [0.717, 1.165) is 24.4 Å². The van der Waals surface area contributed by atoms with Crippen molar-refractivity contribution in [2.75, 3.05) is 20.1 Å². The van der Waals surface area contributed by atoms with Gasteiger partial charge in [0.05, 0.1) is 0 Å². The van der Waals surface area contributed by atoms with Crippen molar-refractivity contribution in [2.24, 2.45) is 17.3 Å². The smallest absolute Gasteiger partial charge is 0.0192 e. The predicted molar refractivity (Wildman–Crippen MR) is 88.0 cm³/mol. The van der Waals surface area contributed by atoms with Crippen LogP contribution in [0.15, 0.2) is 0 Å². The van der Waals surface area contributed by atoms with Gasteiger partial charge in [0.2, 0.25) is 0 Å². The molecule has 0 amide bonds. The molecular formula is C18H36N2. The number of hydrogen-bond donors (Lipinski definition) is 1. The maximum absolute atomic E-state index is 3.73. The van der Waals surface area contributed by atoms with Crippen LogP contribution < -0.4 is 5.32 Å². The van der Waals surface area contributed by atoms with Crippen LogP contribution >= 0.6 is 0 Å². The lowest BCUT2D eigenvalue weighted by Crippen LogP contribution is -2.41. The van der Waals surface area contributed by atoms with Gasteiger partial charge in [-0.1, -0.05) is 20.8 Å². The molecule has 2 nitrogen and oxygen atoms in total. The molecule has 2 heteroatoms. The van der Waals surface area contributed by atoms with Crippen LogP contribution in [0, 0.1) is 17.3 Å². The fraction of sp³-hybridized carbons (Fsp3) is 1.00. The lowest BCUT2D eigenvalue weighted by atomic mass is 9.70. The van der Waals surface area contributed by atoms with Crippen LogP contribution in [0.3, 0.4) is 0 Å². The monoisotopic (exact) mass is 280 g/mol. The number of nitrogens with one attached hydrogen (secondary N) is 1. The molecule has 2 fully saturated rings. The normalized spacial score (nSPS) is 29.7. The van der Waals surface area contributed by atoms with Gasteiger partial charge in [-0.2, -0.15) is 0 Å². The maximum atomic E-state index is 3.73. The molecule has 118 valence electrons. The summed E-state index contributed by atoms with van der Waals surface area (Å²) in [4.78, 5) is 2.56.